The van der Waals surface area contributed by atoms with Crippen molar-refractivity contribution in [2.24, 2.45) is 0 Å². The first-order chi connectivity index (χ1) is 9.47. The number of hydrogen-bond acceptors (Lipinski definition) is 3. The average Bonchev–Trinajstić information content (AvgIpc) is 2.43. The zero-order valence-electron chi connectivity index (χ0n) is 11.7. The van der Waals surface area contributed by atoms with Crippen LogP contribution in [0.15, 0.2) is 18.2 Å². The van der Waals surface area contributed by atoms with Crippen LogP contribution in [0.2, 0.25) is 10.0 Å². The minimum absolute atomic E-state index is 0.0551. The molecule has 1 saturated heterocycles. The molecule has 1 aromatic rings. The maximum atomic E-state index is 12.3. The molecule has 0 aliphatic carbocycles. The SMILES string of the molecule is CC(C)N1CCOC(C(=O)Cc2cc(Cl)ccc2Cl)C1. The second-order valence-corrected chi connectivity index (χ2v) is 6.17. The normalized spacial score (nSPS) is 20.4. The predicted molar refractivity (Wildman–Crippen MR) is 81.6 cm³/mol. The molecular formula is C15H19Cl2NO2. The molecule has 5 heteroatoms. The molecule has 1 atom stereocenters. The topological polar surface area (TPSA) is 29.5 Å². The molecule has 1 heterocycles. The summed E-state index contributed by atoms with van der Waals surface area (Å²) in [6.45, 7) is 6.37. The van der Waals surface area contributed by atoms with Gasteiger partial charge < -0.3 is 4.74 Å². The van der Waals surface area contributed by atoms with E-state index in [0.717, 1.165) is 12.1 Å². The fourth-order valence-corrected chi connectivity index (χ4v) is 2.69. The van der Waals surface area contributed by atoms with E-state index >= 15 is 0 Å². The standard InChI is InChI=1S/C15H19Cl2NO2/c1-10(2)18-5-6-20-15(9-18)14(19)8-11-7-12(16)3-4-13(11)17/h3-4,7,10,15H,5-6,8-9H2,1-2H3. The number of carbonyl (C=O) groups is 1. The number of morpholine rings is 1. The van der Waals surface area contributed by atoms with Crippen molar-refractivity contribution in [3.8, 4) is 0 Å². The van der Waals surface area contributed by atoms with Crippen LogP contribution in [0.5, 0.6) is 0 Å². The molecule has 0 aromatic heterocycles. The van der Waals surface area contributed by atoms with Crippen molar-refractivity contribution in [3.05, 3.63) is 33.8 Å². The molecule has 1 aliphatic rings. The van der Waals surface area contributed by atoms with E-state index in [1.165, 1.54) is 0 Å². The highest BCUT2D eigenvalue weighted by Gasteiger charge is 2.28. The van der Waals surface area contributed by atoms with Gasteiger partial charge in [-0.05, 0) is 37.6 Å². The predicted octanol–water partition coefficient (Wildman–Crippen LogP) is 3.21. The third-order valence-corrected chi connectivity index (χ3v) is 4.16. The molecule has 1 aromatic carbocycles. The van der Waals surface area contributed by atoms with Crippen LogP contribution in [0, 0.1) is 0 Å². The Balaban J connectivity index is 2.02. The molecule has 0 spiro atoms. The van der Waals surface area contributed by atoms with Gasteiger partial charge in [0.2, 0.25) is 0 Å². The van der Waals surface area contributed by atoms with Gasteiger partial charge in [-0.1, -0.05) is 23.2 Å². The maximum Gasteiger partial charge on any atom is 0.167 e. The van der Waals surface area contributed by atoms with E-state index in [4.69, 9.17) is 27.9 Å². The summed E-state index contributed by atoms with van der Waals surface area (Å²) < 4.78 is 5.60. The van der Waals surface area contributed by atoms with Crippen molar-refractivity contribution in [2.45, 2.75) is 32.4 Å². The molecule has 1 fully saturated rings. The molecule has 0 N–H and O–H groups in total. The van der Waals surface area contributed by atoms with Gasteiger partial charge in [0.25, 0.3) is 0 Å². The Hall–Kier alpha value is -0.610. The molecule has 0 amide bonds. The molecule has 3 nitrogen and oxygen atoms in total. The zero-order valence-corrected chi connectivity index (χ0v) is 13.2. The van der Waals surface area contributed by atoms with Gasteiger partial charge in [-0.25, -0.2) is 0 Å². The first-order valence-electron chi connectivity index (χ1n) is 6.79. The summed E-state index contributed by atoms with van der Waals surface area (Å²) in [7, 11) is 0. The monoisotopic (exact) mass is 315 g/mol. The highest BCUT2D eigenvalue weighted by atomic mass is 35.5. The van der Waals surface area contributed by atoms with E-state index in [-0.39, 0.29) is 18.3 Å². The van der Waals surface area contributed by atoms with Gasteiger partial charge in [0.05, 0.1) is 6.61 Å². The molecule has 20 heavy (non-hydrogen) atoms. The van der Waals surface area contributed by atoms with Gasteiger partial charge in [0.1, 0.15) is 6.10 Å². The highest BCUT2D eigenvalue weighted by molar-refractivity contribution is 6.33. The number of carbonyl (C=O) groups excluding carboxylic acids is 1. The fourth-order valence-electron chi connectivity index (χ4n) is 2.31. The summed E-state index contributed by atoms with van der Waals surface area (Å²) in [6.07, 6.45) is -0.114. The summed E-state index contributed by atoms with van der Waals surface area (Å²) in [5, 5.41) is 1.16. The number of nitrogens with zero attached hydrogens (tertiary/aromatic N) is 1. The largest absolute Gasteiger partial charge is 0.368 e. The number of halogens is 2. The van der Waals surface area contributed by atoms with Crippen LogP contribution in [0.4, 0.5) is 0 Å². The number of hydrogen-bond donors (Lipinski definition) is 0. The summed E-state index contributed by atoms with van der Waals surface area (Å²) in [6, 6.07) is 5.60. The average molecular weight is 316 g/mol. The second kappa shape index (κ2) is 6.90. The molecule has 110 valence electrons. The van der Waals surface area contributed by atoms with Gasteiger partial charge in [-0.3, -0.25) is 9.69 Å². The van der Waals surface area contributed by atoms with Crippen LogP contribution in [-0.4, -0.2) is 42.5 Å². The van der Waals surface area contributed by atoms with Crippen molar-refractivity contribution >= 4 is 29.0 Å². The Morgan fingerprint density at radius 3 is 2.90 bits per heavy atom. The molecule has 0 saturated carbocycles. The minimum atomic E-state index is -0.374. The van der Waals surface area contributed by atoms with E-state index in [1.54, 1.807) is 18.2 Å². The Labute approximate surface area is 129 Å². The zero-order chi connectivity index (χ0) is 14.7. The second-order valence-electron chi connectivity index (χ2n) is 5.33. The van der Waals surface area contributed by atoms with Crippen molar-refractivity contribution < 1.29 is 9.53 Å². The number of ether oxygens (including phenoxy) is 1. The molecule has 1 unspecified atom stereocenters. The Bertz CT molecular complexity index is 491. The lowest BCUT2D eigenvalue weighted by molar-refractivity contribution is -0.136. The minimum Gasteiger partial charge on any atom is -0.368 e. The lowest BCUT2D eigenvalue weighted by Crippen LogP contribution is -2.49. The van der Waals surface area contributed by atoms with Crippen LogP contribution in [-0.2, 0) is 16.0 Å². The van der Waals surface area contributed by atoms with Gasteiger partial charge in [-0.2, -0.15) is 0 Å². The lowest BCUT2D eigenvalue weighted by Gasteiger charge is -2.34. The summed E-state index contributed by atoms with van der Waals surface area (Å²) in [5.41, 5.74) is 0.759. The number of Topliss-reactive ketones (excluding diaryl/α,β-unsaturated/α-hetero) is 1. The van der Waals surface area contributed by atoms with E-state index in [9.17, 15) is 4.79 Å². The van der Waals surface area contributed by atoms with Crippen LogP contribution >= 0.6 is 23.2 Å². The van der Waals surface area contributed by atoms with Crippen molar-refractivity contribution in [1.29, 1.82) is 0 Å². The van der Waals surface area contributed by atoms with Crippen molar-refractivity contribution in [1.82, 2.24) is 4.90 Å². The number of benzene rings is 1. The van der Waals surface area contributed by atoms with Crippen molar-refractivity contribution in [3.63, 3.8) is 0 Å². The van der Waals surface area contributed by atoms with E-state index in [1.807, 2.05) is 0 Å². The van der Waals surface area contributed by atoms with E-state index < -0.39 is 0 Å². The Kier molecular flexibility index (Phi) is 5.44. The number of ketones is 1. The molecule has 0 bridgehead atoms. The Morgan fingerprint density at radius 1 is 1.45 bits per heavy atom. The molecular weight excluding hydrogens is 297 g/mol. The smallest absolute Gasteiger partial charge is 0.167 e. The molecule has 2 rings (SSSR count). The third kappa shape index (κ3) is 3.95. The van der Waals surface area contributed by atoms with E-state index in [2.05, 4.69) is 18.7 Å². The summed E-state index contributed by atoms with van der Waals surface area (Å²) in [4.78, 5) is 14.6. The van der Waals surface area contributed by atoms with Crippen molar-refractivity contribution in [2.75, 3.05) is 19.7 Å². The van der Waals surface area contributed by atoms with Crippen LogP contribution < -0.4 is 0 Å². The first kappa shape index (κ1) is 15.8. The lowest BCUT2D eigenvalue weighted by atomic mass is 10.0. The maximum absolute atomic E-state index is 12.3. The van der Waals surface area contributed by atoms with Gasteiger partial charge in [0.15, 0.2) is 5.78 Å². The summed E-state index contributed by atoms with van der Waals surface area (Å²) >= 11 is 12.0. The van der Waals surface area contributed by atoms with Crippen LogP contribution in [0.25, 0.3) is 0 Å². The molecule has 0 radical (unpaired) electrons. The van der Waals surface area contributed by atoms with E-state index in [0.29, 0.717) is 29.2 Å². The Morgan fingerprint density at radius 2 is 2.20 bits per heavy atom. The third-order valence-electron chi connectivity index (χ3n) is 3.56. The number of rotatable bonds is 4. The highest BCUT2D eigenvalue weighted by Crippen LogP contribution is 2.22. The van der Waals surface area contributed by atoms with Gasteiger partial charge in [0, 0.05) is 35.6 Å². The summed E-state index contributed by atoms with van der Waals surface area (Å²) in [5.74, 6) is 0.0551. The van der Waals surface area contributed by atoms with Gasteiger partial charge >= 0.3 is 0 Å². The van der Waals surface area contributed by atoms with Crippen LogP contribution in [0.1, 0.15) is 19.4 Å². The molecule has 1 aliphatic heterocycles. The quantitative estimate of drug-likeness (QED) is 0.854. The van der Waals surface area contributed by atoms with Gasteiger partial charge in [-0.15, -0.1) is 0 Å². The first-order valence-corrected chi connectivity index (χ1v) is 7.55. The fraction of sp³-hybridized carbons (Fsp3) is 0.533. The van der Waals surface area contributed by atoms with Crippen LogP contribution in [0.3, 0.4) is 0 Å².